The summed E-state index contributed by atoms with van der Waals surface area (Å²) >= 11 is 0. The van der Waals surface area contributed by atoms with Gasteiger partial charge >= 0.3 is 5.97 Å². The number of benzene rings is 1. The normalized spacial score (nSPS) is 10.1. The Hall–Kier alpha value is -1.51. The lowest BCUT2D eigenvalue weighted by molar-refractivity contribution is -0.157. The molecule has 0 amide bonds. The number of hydrogen-bond donors (Lipinski definition) is 0. The average Bonchev–Trinajstić information content (AvgIpc) is 2.27. The summed E-state index contributed by atoms with van der Waals surface area (Å²) in [6, 6.07) is 7.56. The second-order valence-electron chi connectivity index (χ2n) is 4.69. The van der Waals surface area contributed by atoms with E-state index in [4.69, 9.17) is 9.47 Å². The molecule has 0 unspecified atom stereocenters. The first-order chi connectivity index (χ1) is 8.37. The minimum atomic E-state index is -0.465. The Morgan fingerprint density at radius 3 is 2.33 bits per heavy atom. The zero-order chi connectivity index (χ0) is 14.2. The molecule has 0 aromatic heterocycles. The first-order valence-electron chi connectivity index (χ1n) is 6.28. The van der Waals surface area contributed by atoms with Gasteiger partial charge in [-0.2, -0.15) is 0 Å². The lowest BCUT2D eigenvalue weighted by atomic mass is 10.2. The lowest BCUT2D eigenvalue weighted by Crippen LogP contribution is -2.27. The van der Waals surface area contributed by atoms with Crippen LogP contribution in [0.25, 0.3) is 0 Å². The maximum Gasteiger partial charge on any atom is 0.344 e. The van der Waals surface area contributed by atoms with Crippen LogP contribution < -0.4 is 4.74 Å². The van der Waals surface area contributed by atoms with Gasteiger partial charge in [-0.15, -0.1) is 0 Å². The topological polar surface area (TPSA) is 35.5 Å². The van der Waals surface area contributed by atoms with Gasteiger partial charge in [0.05, 0.1) is 0 Å². The SMILES string of the molecule is CC.Cc1cccc(OCC(=O)OC(C)(C)C)c1. The van der Waals surface area contributed by atoms with Gasteiger partial charge in [-0.1, -0.05) is 26.0 Å². The number of hydrogen-bond acceptors (Lipinski definition) is 3. The maximum atomic E-state index is 11.4. The summed E-state index contributed by atoms with van der Waals surface area (Å²) in [4.78, 5) is 11.4. The molecule has 0 fully saturated rings. The Bertz CT molecular complexity index is 364. The van der Waals surface area contributed by atoms with Crippen LogP contribution in [0, 0.1) is 6.92 Å². The minimum absolute atomic E-state index is 0.0548. The van der Waals surface area contributed by atoms with Crippen molar-refractivity contribution in [2.24, 2.45) is 0 Å². The van der Waals surface area contributed by atoms with Gasteiger partial charge in [0, 0.05) is 0 Å². The second-order valence-corrected chi connectivity index (χ2v) is 4.69. The molecule has 0 bridgehead atoms. The van der Waals surface area contributed by atoms with Crippen molar-refractivity contribution in [1.82, 2.24) is 0 Å². The average molecular weight is 252 g/mol. The molecular weight excluding hydrogens is 228 g/mol. The summed E-state index contributed by atoms with van der Waals surface area (Å²) in [5.41, 5.74) is 0.634. The summed E-state index contributed by atoms with van der Waals surface area (Å²) in [5, 5.41) is 0. The van der Waals surface area contributed by atoms with Gasteiger partial charge < -0.3 is 9.47 Å². The molecule has 0 aliphatic carbocycles. The summed E-state index contributed by atoms with van der Waals surface area (Å²) in [7, 11) is 0. The first-order valence-corrected chi connectivity index (χ1v) is 6.28. The highest BCUT2D eigenvalue weighted by Crippen LogP contribution is 2.13. The zero-order valence-corrected chi connectivity index (χ0v) is 12.2. The van der Waals surface area contributed by atoms with E-state index in [1.165, 1.54) is 0 Å². The highest BCUT2D eigenvalue weighted by Gasteiger charge is 2.16. The quantitative estimate of drug-likeness (QED) is 0.769. The molecule has 1 aromatic carbocycles. The van der Waals surface area contributed by atoms with Crippen LogP contribution >= 0.6 is 0 Å². The molecule has 0 aliphatic rings. The third kappa shape index (κ3) is 7.71. The number of ether oxygens (including phenoxy) is 2. The van der Waals surface area contributed by atoms with Crippen molar-refractivity contribution in [3.05, 3.63) is 29.8 Å². The number of esters is 1. The van der Waals surface area contributed by atoms with Gasteiger partial charge in [-0.25, -0.2) is 4.79 Å². The first kappa shape index (κ1) is 16.5. The molecule has 102 valence electrons. The van der Waals surface area contributed by atoms with E-state index in [0.29, 0.717) is 5.75 Å². The number of rotatable bonds is 3. The van der Waals surface area contributed by atoms with Crippen LogP contribution in [0.2, 0.25) is 0 Å². The van der Waals surface area contributed by atoms with Crippen LogP contribution in [-0.4, -0.2) is 18.2 Å². The molecule has 1 rings (SSSR count). The Balaban J connectivity index is 0.00000137. The van der Waals surface area contributed by atoms with Gasteiger partial charge in [0.15, 0.2) is 6.61 Å². The third-order valence-corrected chi connectivity index (χ3v) is 1.77. The van der Waals surface area contributed by atoms with E-state index in [-0.39, 0.29) is 12.6 Å². The highest BCUT2D eigenvalue weighted by atomic mass is 16.6. The Morgan fingerprint density at radius 2 is 1.83 bits per heavy atom. The Labute approximate surface area is 110 Å². The smallest absolute Gasteiger partial charge is 0.344 e. The maximum absolute atomic E-state index is 11.4. The molecule has 0 radical (unpaired) electrons. The van der Waals surface area contributed by atoms with Crippen molar-refractivity contribution in [2.75, 3.05) is 6.61 Å². The van der Waals surface area contributed by atoms with Crippen LogP contribution in [0.5, 0.6) is 5.75 Å². The zero-order valence-electron chi connectivity index (χ0n) is 12.2. The van der Waals surface area contributed by atoms with Gasteiger partial charge in [-0.3, -0.25) is 0 Å². The highest BCUT2D eigenvalue weighted by molar-refractivity contribution is 5.71. The van der Waals surface area contributed by atoms with Crippen molar-refractivity contribution in [1.29, 1.82) is 0 Å². The fourth-order valence-corrected chi connectivity index (χ4v) is 1.22. The summed E-state index contributed by atoms with van der Waals surface area (Å²) in [5.74, 6) is 0.333. The molecule has 0 aliphatic heterocycles. The molecule has 1 aromatic rings. The molecule has 18 heavy (non-hydrogen) atoms. The fraction of sp³-hybridized carbons (Fsp3) is 0.533. The molecular formula is C15H24O3. The molecule has 3 heteroatoms. The van der Waals surface area contributed by atoms with Crippen molar-refractivity contribution in [3.8, 4) is 5.75 Å². The molecule has 0 atom stereocenters. The van der Waals surface area contributed by atoms with Crippen LogP contribution in [0.15, 0.2) is 24.3 Å². The molecule has 0 N–H and O–H groups in total. The van der Waals surface area contributed by atoms with Crippen LogP contribution in [-0.2, 0) is 9.53 Å². The van der Waals surface area contributed by atoms with Crippen molar-refractivity contribution < 1.29 is 14.3 Å². The fourth-order valence-electron chi connectivity index (χ4n) is 1.22. The van der Waals surface area contributed by atoms with Crippen LogP contribution in [0.3, 0.4) is 0 Å². The molecule has 0 saturated heterocycles. The van der Waals surface area contributed by atoms with E-state index in [1.807, 2.05) is 65.8 Å². The predicted molar refractivity (Wildman–Crippen MR) is 73.9 cm³/mol. The van der Waals surface area contributed by atoms with Crippen LogP contribution in [0.4, 0.5) is 0 Å². The van der Waals surface area contributed by atoms with Crippen molar-refractivity contribution >= 4 is 5.97 Å². The largest absolute Gasteiger partial charge is 0.482 e. The third-order valence-electron chi connectivity index (χ3n) is 1.77. The summed E-state index contributed by atoms with van der Waals surface area (Å²) in [6.07, 6.45) is 0. The minimum Gasteiger partial charge on any atom is -0.482 e. The number of aryl methyl sites for hydroxylation is 1. The van der Waals surface area contributed by atoms with Gasteiger partial charge in [0.25, 0.3) is 0 Å². The lowest BCUT2D eigenvalue weighted by Gasteiger charge is -2.19. The van der Waals surface area contributed by atoms with Crippen molar-refractivity contribution in [2.45, 2.75) is 47.1 Å². The van der Waals surface area contributed by atoms with Gasteiger partial charge in [0.2, 0.25) is 0 Å². The molecule has 3 nitrogen and oxygen atoms in total. The number of carbonyl (C=O) groups excluding carboxylic acids is 1. The standard InChI is InChI=1S/C13H18O3.C2H6/c1-10-6-5-7-11(8-10)15-9-12(14)16-13(2,3)4;1-2/h5-8H,9H2,1-4H3;1-2H3. The van der Waals surface area contributed by atoms with E-state index in [2.05, 4.69) is 0 Å². The van der Waals surface area contributed by atoms with Crippen LogP contribution in [0.1, 0.15) is 40.2 Å². The Kier molecular flexibility index (Phi) is 7.10. The van der Waals surface area contributed by atoms with E-state index in [1.54, 1.807) is 0 Å². The van der Waals surface area contributed by atoms with E-state index < -0.39 is 5.60 Å². The molecule has 0 spiro atoms. The van der Waals surface area contributed by atoms with Gasteiger partial charge in [-0.05, 0) is 45.4 Å². The summed E-state index contributed by atoms with van der Waals surface area (Å²) in [6.45, 7) is 11.4. The predicted octanol–water partition coefficient (Wildman–Crippen LogP) is 3.74. The number of carbonyl (C=O) groups is 1. The summed E-state index contributed by atoms with van der Waals surface area (Å²) < 4.78 is 10.4. The second kappa shape index (κ2) is 7.75. The molecule has 0 saturated carbocycles. The molecule has 0 heterocycles. The van der Waals surface area contributed by atoms with E-state index in [9.17, 15) is 4.79 Å². The van der Waals surface area contributed by atoms with E-state index in [0.717, 1.165) is 5.56 Å². The van der Waals surface area contributed by atoms with Crippen molar-refractivity contribution in [3.63, 3.8) is 0 Å². The van der Waals surface area contributed by atoms with Gasteiger partial charge in [0.1, 0.15) is 11.4 Å². The van der Waals surface area contributed by atoms with E-state index >= 15 is 0 Å². The monoisotopic (exact) mass is 252 g/mol. The Morgan fingerprint density at radius 1 is 1.22 bits per heavy atom.